The fraction of sp³-hybridized carbons (Fsp3) is 0.0606. The van der Waals surface area contributed by atoms with E-state index >= 15 is 0 Å². The molecule has 68 heavy (non-hydrogen) atoms. The van der Waals surface area contributed by atoms with Gasteiger partial charge in [0.15, 0.2) is 0 Å². The van der Waals surface area contributed by atoms with E-state index in [0.717, 1.165) is 17.1 Å². The summed E-state index contributed by atoms with van der Waals surface area (Å²) >= 11 is 0. The molecule has 2 aliphatic rings. The number of hydrogen-bond acceptors (Lipinski definition) is 2. The van der Waals surface area contributed by atoms with Crippen molar-refractivity contribution in [2.24, 2.45) is 0 Å². The molecule has 11 aromatic carbocycles. The quantitative estimate of drug-likeness (QED) is 0.157. The minimum atomic E-state index is -0.527. The van der Waals surface area contributed by atoms with Crippen molar-refractivity contribution >= 4 is 55.7 Å². The van der Waals surface area contributed by atoms with Crippen molar-refractivity contribution in [3.8, 4) is 22.3 Å². The Bertz CT molecular complexity index is 3680. The molecule has 13 rings (SSSR count). The minimum absolute atomic E-state index is 0.281. The van der Waals surface area contributed by atoms with Gasteiger partial charge in [0.2, 0.25) is 0 Å². The minimum Gasteiger partial charge on any atom is -0.310 e. The van der Waals surface area contributed by atoms with Crippen molar-refractivity contribution in [1.82, 2.24) is 0 Å². The molecule has 1 heterocycles. The number of nitrogens with zero attached hydrogens (tertiary/aromatic N) is 2. The van der Waals surface area contributed by atoms with E-state index in [-0.39, 0.29) is 5.41 Å². The van der Waals surface area contributed by atoms with E-state index in [0.29, 0.717) is 0 Å². The SMILES string of the molecule is CC1(C)c2ccccc2N(c2c(-c3ccc4ccccc4c3)ccc3ccccc23)c2cc(N(c3ccccc3)c3ccc4c(c3)C(c3ccccc3)(c3ccccc3)c3ccccc3-4)ccc21. The van der Waals surface area contributed by atoms with Crippen LogP contribution in [0, 0.1) is 0 Å². The van der Waals surface area contributed by atoms with Gasteiger partial charge in [-0.15, -0.1) is 0 Å². The van der Waals surface area contributed by atoms with Crippen molar-refractivity contribution in [3.63, 3.8) is 0 Å². The van der Waals surface area contributed by atoms with E-state index in [1.807, 2.05) is 0 Å². The van der Waals surface area contributed by atoms with Gasteiger partial charge >= 0.3 is 0 Å². The molecule has 0 saturated carbocycles. The highest BCUT2D eigenvalue weighted by Crippen LogP contribution is 2.59. The zero-order valence-electron chi connectivity index (χ0n) is 38.1. The summed E-state index contributed by atoms with van der Waals surface area (Å²) in [6.07, 6.45) is 0. The van der Waals surface area contributed by atoms with E-state index in [1.54, 1.807) is 0 Å². The first-order valence-electron chi connectivity index (χ1n) is 23.8. The Balaban J connectivity index is 1.07. The molecule has 1 aliphatic heterocycles. The van der Waals surface area contributed by atoms with Crippen molar-refractivity contribution in [3.05, 3.63) is 288 Å². The molecule has 322 valence electrons. The predicted molar refractivity (Wildman–Crippen MR) is 286 cm³/mol. The van der Waals surface area contributed by atoms with Gasteiger partial charge in [-0.2, -0.15) is 0 Å². The van der Waals surface area contributed by atoms with Crippen LogP contribution in [-0.2, 0) is 10.8 Å². The van der Waals surface area contributed by atoms with Gasteiger partial charge in [0.1, 0.15) is 0 Å². The van der Waals surface area contributed by atoms with Gasteiger partial charge in [0.05, 0.1) is 22.5 Å². The molecule has 0 N–H and O–H groups in total. The number of fused-ring (bicyclic) bond motifs is 7. The maximum Gasteiger partial charge on any atom is 0.0714 e. The summed E-state index contributed by atoms with van der Waals surface area (Å²) in [6, 6.07) is 94.6. The zero-order valence-corrected chi connectivity index (χ0v) is 38.1. The van der Waals surface area contributed by atoms with Gasteiger partial charge in [-0.25, -0.2) is 0 Å². The average Bonchev–Trinajstić information content (AvgIpc) is 3.70. The first kappa shape index (κ1) is 39.9. The van der Waals surface area contributed by atoms with Crippen LogP contribution in [0.25, 0.3) is 43.8 Å². The van der Waals surface area contributed by atoms with Crippen LogP contribution < -0.4 is 9.80 Å². The zero-order chi connectivity index (χ0) is 45.4. The van der Waals surface area contributed by atoms with Crippen LogP contribution in [0.3, 0.4) is 0 Å². The van der Waals surface area contributed by atoms with Crippen molar-refractivity contribution in [2.75, 3.05) is 9.80 Å². The number of benzene rings is 11. The van der Waals surface area contributed by atoms with E-state index in [4.69, 9.17) is 0 Å². The number of para-hydroxylation sites is 2. The molecule has 0 atom stereocenters. The summed E-state index contributed by atoms with van der Waals surface area (Å²) in [7, 11) is 0. The van der Waals surface area contributed by atoms with Crippen molar-refractivity contribution in [1.29, 1.82) is 0 Å². The molecule has 0 radical (unpaired) electrons. The third-order valence-electron chi connectivity index (χ3n) is 14.9. The van der Waals surface area contributed by atoms with Crippen molar-refractivity contribution in [2.45, 2.75) is 24.7 Å². The Hall–Kier alpha value is -8.46. The van der Waals surface area contributed by atoms with Gasteiger partial charge in [0, 0.05) is 33.4 Å². The maximum absolute atomic E-state index is 2.57. The molecule has 2 heteroatoms. The molecular weight excluding hydrogens is 821 g/mol. The van der Waals surface area contributed by atoms with Crippen LogP contribution >= 0.6 is 0 Å². The summed E-state index contributed by atoms with van der Waals surface area (Å²) in [5.41, 5.74) is 18.6. The van der Waals surface area contributed by atoms with Crippen LogP contribution in [0.2, 0.25) is 0 Å². The smallest absolute Gasteiger partial charge is 0.0714 e. The number of hydrogen-bond donors (Lipinski definition) is 0. The van der Waals surface area contributed by atoms with E-state index in [9.17, 15) is 0 Å². The topological polar surface area (TPSA) is 6.48 Å². The molecular formula is C66H48N2. The molecule has 0 aromatic heterocycles. The molecule has 1 aliphatic carbocycles. The maximum atomic E-state index is 2.57. The van der Waals surface area contributed by atoms with Gasteiger partial charge in [0.25, 0.3) is 0 Å². The fourth-order valence-corrected chi connectivity index (χ4v) is 11.8. The van der Waals surface area contributed by atoms with Gasteiger partial charge in [-0.3, -0.25) is 0 Å². The monoisotopic (exact) mass is 868 g/mol. The highest BCUT2D eigenvalue weighted by atomic mass is 15.2. The van der Waals surface area contributed by atoms with Gasteiger partial charge in [-0.1, -0.05) is 220 Å². The van der Waals surface area contributed by atoms with Crippen LogP contribution in [0.15, 0.2) is 255 Å². The second-order valence-corrected chi connectivity index (χ2v) is 18.9. The molecule has 11 aromatic rings. The lowest BCUT2D eigenvalue weighted by Crippen LogP contribution is -2.31. The number of rotatable bonds is 7. The fourth-order valence-electron chi connectivity index (χ4n) is 11.8. The summed E-state index contributed by atoms with van der Waals surface area (Å²) in [5, 5.41) is 4.88. The predicted octanol–water partition coefficient (Wildman–Crippen LogP) is 17.6. The molecule has 0 bridgehead atoms. The Labute approximate surface area is 398 Å². The lowest BCUT2D eigenvalue weighted by molar-refractivity contribution is 0.632. The third-order valence-corrected chi connectivity index (χ3v) is 14.9. The lowest BCUT2D eigenvalue weighted by atomic mass is 9.67. The lowest BCUT2D eigenvalue weighted by Gasteiger charge is -2.43. The molecule has 0 fully saturated rings. The first-order chi connectivity index (χ1) is 33.5. The van der Waals surface area contributed by atoms with E-state index in [2.05, 4.69) is 278 Å². The second-order valence-electron chi connectivity index (χ2n) is 18.9. The highest BCUT2D eigenvalue weighted by Gasteiger charge is 2.46. The van der Waals surface area contributed by atoms with Gasteiger partial charge in [-0.05, 0) is 115 Å². The third kappa shape index (κ3) is 5.97. The number of anilines is 6. The standard InChI is InChI=1S/C66H48N2/c1-65(2)59-32-18-19-33-62(59)68(64-54-29-15-14-21-46(54)36-39-55(64)48-35-34-45-20-12-13-22-47(45)42-48)63-44-53(38-41-60(63)65)67(51-27-10-5-11-28-51)52-37-40-57-56-30-16-17-31-58(56)66(61(57)43-52,49-23-6-3-7-24-49)50-25-8-4-9-26-50/h3-44H,1-2H3. The average molecular weight is 869 g/mol. The summed E-state index contributed by atoms with van der Waals surface area (Å²) in [4.78, 5) is 5.04. The van der Waals surface area contributed by atoms with Crippen LogP contribution in [-0.4, -0.2) is 0 Å². The molecule has 0 amide bonds. The highest BCUT2D eigenvalue weighted by molar-refractivity contribution is 6.08. The second kappa shape index (κ2) is 15.6. The van der Waals surface area contributed by atoms with Crippen LogP contribution in [0.4, 0.5) is 34.1 Å². The molecule has 2 nitrogen and oxygen atoms in total. The van der Waals surface area contributed by atoms with E-state index < -0.39 is 5.41 Å². The Morgan fingerprint density at radius 1 is 0.338 bits per heavy atom. The van der Waals surface area contributed by atoms with E-state index in [1.165, 1.54) is 94.2 Å². The Morgan fingerprint density at radius 2 is 0.882 bits per heavy atom. The molecule has 0 saturated heterocycles. The van der Waals surface area contributed by atoms with Gasteiger partial charge < -0.3 is 9.80 Å². The Kier molecular flexibility index (Phi) is 9.13. The summed E-state index contributed by atoms with van der Waals surface area (Å²) in [6.45, 7) is 4.77. The summed E-state index contributed by atoms with van der Waals surface area (Å²) < 4.78 is 0. The molecule has 0 spiro atoms. The van der Waals surface area contributed by atoms with Crippen LogP contribution in [0.5, 0.6) is 0 Å². The van der Waals surface area contributed by atoms with Crippen molar-refractivity contribution < 1.29 is 0 Å². The Morgan fingerprint density at radius 3 is 1.65 bits per heavy atom. The molecule has 0 unspecified atom stereocenters. The summed E-state index contributed by atoms with van der Waals surface area (Å²) in [5.74, 6) is 0. The largest absolute Gasteiger partial charge is 0.310 e. The first-order valence-corrected chi connectivity index (χ1v) is 23.8. The van der Waals surface area contributed by atoms with Crippen LogP contribution in [0.1, 0.15) is 47.2 Å². The normalized spacial score (nSPS) is 13.9.